The van der Waals surface area contributed by atoms with Gasteiger partial charge in [-0.25, -0.2) is 0 Å². The predicted molar refractivity (Wildman–Crippen MR) is 73.6 cm³/mol. The van der Waals surface area contributed by atoms with Crippen molar-refractivity contribution in [3.05, 3.63) is 29.3 Å². The lowest BCUT2D eigenvalue weighted by Crippen LogP contribution is -2.52. The number of anilines is 1. The van der Waals surface area contributed by atoms with Gasteiger partial charge in [0.2, 0.25) is 0 Å². The lowest BCUT2D eigenvalue weighted by atomic mass is 10.1. The van der Waals surface area contributed by atoms with E-state index < -0.39 is 0 Å². The monoisotopic (exact) mass is 247 g/mol. The summed E-state index contributed by atoms with van der Waals surface area (Å²) in [5.74, 6) is 0.0855. The zero-order chi connectivity index (χ0) is 13.3. The van der Waals surface area contributed by atoms with Crippen molar-refractivity contribution in [2.75, 3.05) is 32.4 Å². The molecule has 18 heavy (non-hydrogen) atoms. The molecular weight excluding hydrogens is 226 g/mol. The molecule has 1 saturated heterocycles. The third-order valence-corrected chi connectivity index (χ3v) is 3.62. The topological polar surface area (TPSA) is 49.6 Å². The highest BCUT2D eigenvalue weighted by Gasteiger charge is 2.26. The van der Waals surface area contributed by atoms with Crippen molar-refractivity contribution < 1.29 is 4.79 Å². The number of nitrogens with zero attached hydrogens (tertiary/aromatic N) is 2. The second kappa shape index (κ2) is 4.98. The van der Waals surface area contributed by atoms with Crippen molar-refractivity contribution >= 4 is 11.6 Å². The maximum Gasteiger partial charge on any atom is 0.254 e. The van der Waals surface area contributed by atoms with Crippen molar-refractivity contribution in [2.45, 2.75) is 19.9 Å². The summed E-state index contributed by atoms with van der Waals surface area (Å²) in [5.41, 5.74) is 8.25. The Morgan fingerprint density at radius 2 is 2.11 bits per heavy atom. The molecule has 0 saturated carbocycles. The van der Waals surface area contributed by atoms with E-state index in [4.69, 9.17) is 5.73 Å². The first kappa shape index (κ1) is 12.9. The minimum absolute atomic E-state index is 0.0855. The van der Waals surface area contributed by atoms with E-state index in [1.807, 2.05) is 24.0 Å². The standard InChI is InChI=1S/C14H21N3O/c1-10-4-5-12(8-13(10)15)14(18)17-7-6-16(3)9-11(17)2/h4-5,8,11H,6-7,9,15H2,1-3H3. The van der Waals surface area contributed by atoms with E-state index >= 15 is 0 Å². The molecule has 1 aliphatic rings. The van der Waals surface area contributed by atoms with Crippen LogP contribution in [-0.2, 0) is 0 Å². The molecule has 1 amide bonds. The first-order valence-electron chi connectivity index (χ1n) is 6.34. The average molecular weight is 247 g/mol. The van der Waals surface area contributed by atoms with Gasteiger partial charge in [0.05, 0.1) is 0 Å². The van der Waals surface area contributed by atoms with Crippen LogP contribution in [0.5, 0.6) is 0 Å². The van der Waals surface area contributed by atoms with E-state index in [-0.39, 0.29) is 11.9 Å². The Hall–Kier alpha value is -1.55. The summed E-state index contributed by atoms with van der Waals surface area (Å²) in [4.78, 5) is 16.6. The van der Waals surface area contributed by atoms with Gasteiger partial charge in [-0.3, -0.25) is 4.79 Å². The highest BCUT2D eigenvalue weighted by atomic mass is 16.2. The summed E-state index contributed by atoms with van der Waals surface area (Å²) in [6, 6.07) is 5.80. The summed E-state index contributed by atoms with van der Waals surface area (Å²) < 4.78 is 0. The molecule has 1 heterocycles. The van der Waals surface area contributed by atoms with E-state index in [1.54, 1.807) is 6.07 Å². The molecule has 0 aliphatic carbocycles. The first-order valence-corrected chi connectivity index (χ1v) is 6.34. The van der Waals surface area contributed by atoms with E-state index in [9.17, 15) is 4.79 Å². The lowest BCUT2D eigenvalue weighted by molar-refractivity contribution is 0.0533. The molecule has 1 aromatic carbocycles. The maximum absolute atomic E-state index is 12.4. The third-order valence-electron chi connectivity index (χ3n) is 3.62. The molecule has 0 spiro atoms. The number of nitrogens with two attached hydrogens (primary N) is 1. The number of nitrogen functional groups attached to an aromatic ring is 1. The van der Waals surface area contributed by atoms with Crippen molar-refractivity contribution in [2.24, 2.45) is 0 Å². The average Bonchev–Trinajstić information content (AvgIpc) is 2.32. The fourth-order valence-electron chi connectivity index (χ4n) is 2.38. The van der Waals surface area contributed by atoms with Gasteiger partial charge in [0.1, 0.15) is 0 Å². The number of amides is 1. The van der Waals surface area contributed by atoms with Crippen LogP contribution >= 0.6 is 0 Å². The smallest absolute Gasteiger partial charge is 0.254 e. The number of likely N-dealkylation sites (N-methyl/N-ethyl adjacent to an activating group) is 1. The number of piperazine rings is 1. The van der Waals surface area contributed by atoms with Crippen LogP contribution in [-0.4, -0.2) is 48.4 Å². The zero-order valence-corrected chi connectivity index (χ0v) is 11.3. The second-order valence-electron chi connectivity index (χ2n) is 5.18. The number of rotatable bonds is 1. The summed E-state index contributed by atoms with van der Waals surface area (Å²) in [7, 11) is 2.09. The van der Waals surface area contributed by atoms with E-state index in [0.29, 0.717) is 11.3 Å². The molecule has 1 unspecified atom stereocenters. The Labute approximate surface area is 108 Å². The van der Waals surface area contributed by atoms with Crippen LogP contribution < -0.4 is 5.73 Å². The van der Waals surface area contributed by atoms with Crippen LogP contribution in [0.2, 0.25) is 0 Å². The summed E-state index contributed by atoms with van der Waals surface area (Å²) >= 11 is 0. The summed E-state index contributed by atoms with van der Waals surface area (Å²) in [6.07, 6.45) is 0. The normalized spacial score (nSPS) is 21.1. The fraction of sp³-hybridized carbons (Fsp3) is 0.500. The molecular formula is C14H21N3O. The SMILES string of the molecule is Cc1ccc(C(=O)N2CCN(C)CC2C)cc1N. The quantitative estimate of drug-likeness (QED) is 0.762. The maximum atomic E-state index is 12.4. The van der Waals surface area contributed by atoms with Gasteiger partial charge in [-0.15, -0.1) is 0 Å². The molecule has 98 valence electrons. The Morgan fingerprint density at radius 3 is 2.72 bits per heavy atom. The number of carbonyl (C=O) groups is 1. The van der Waals surface area contributed by atoms with Gasteiger partial charge in [-0.1, -0.05) is 6.07 Å². The highest BCUT2D eigenvalue weighted by molar-refractivity contribution is 5.95. The highest BCUT2D eigenvalue weighted by Crippen LogP contribution is 2.17. The van der Waals surface area contributed by atoms with Crippen molar-refractivity contribution in [3.8, 4) is 0 Å². The van der Waals surface area contributed by atoms with Crippen LogP contribution in [0.1, 0.15) is 22.8 Å². The fourth-order valence-corrected chi connectivity index (χ4v) is 2.38. The van der Waals surface area contributed by atoms with Crippen LogP contribution in [0.15, 0.2) is 18.2 Å². The van der Waals surface area contributed by atoms with Gasteiger partial charge in [0.25, 0.3) is 5.91 Å². The van der Waals surface area contributed by atoms with Gasteiger partial charge in [0.15, 0.2) is 0 Å². The second-order valence-corrected chi connectivity index (χ2v) is 5.18. The van der Waals surface area contributed by atoms with Gasteiger partial charge in [0, 0.05) is 36.9 Å². The molecule has 1 fully saturated rings. The number of hydrogen-bond acceptors (Lipinski definition) is 3. The largest absolute Gasteiger partial charge is 0.398 e. The Balaban J connectivity index is 2.18. The molecule has 4 heteroatoms. The van der Waals surface area contributed by atoms with E-state index in [2.05, 4.69) is 18.9 Å². The van der Waals surface area contributed by atoms with E-state index in [1.165, 1.54) is 0 Å². The number of carbonyl (C=O) groups excluding carboxylic acids is 1. The van der Waals surface area contributed by atoms with Crippen LogP contribution in [0.25, 0.3) is 0 Å². The molecule has 2 N–H and O–H groups in total. The molecule has 0 radical (unpaired) electrons. The Morgan fingerprint density at radius 1 is 1.39 bits per heavy atom. The summed E-state index contributed by atoms with van der Waals surface area (Å²) in [6.45, 7) is 6.67. The number of hydrogen-bond donors (Lipinski definition) is 1. The number of benzene rings is 1. The molecule has 2 rings (SSSR count). The van der Waals surface area contributed by atoms with Crippen LogP contribution in [0, 0.1) is 6.92 Å². The zero-order valence-electron chi connectivity index (χ0n) is 11.3. The molecule has 1 atom stereocenters. The van der Waals surface area contributed by atoms with Crippen LogP contribution in [0.4, 0.5) is 5.69 Å². The molecule has 1 aliphatic heterocycles. The van der Waals surface area contributed by atoms with Crippen molar-refractivity contribution in [3.63, 3.8) is 0 Å². The van der Waals surface area contributed by atoms with Crippen molar-refractivity contribution in [1.29, 1.82) is 0 Å². The minimum atomic E-state index is 0.0855. The summed E-state index contributed by atoms with van der Waals surface area (Å²) in [5, 5.41) is 0. The Bertz CT molecular complexity index is 458. The predicted octanol–water partition coefficient (Wildman–Crippen LogP) is 1.35. The van der Waals surface area contributed by atoms with Gasteiger partial charge in [-0.05, 0) is 38.6 Å². The molecule has 0 aromatic heterocycles. The van der Waals surface area contributed by atoms with Crippen LogP contribution in [0.3, 0.4) is 0 Å². The van der Waals surface area contributed by atoms with Gasteiger partial charge < -0.3 is 15.5 Å². The third kappa shape index (κ3) is 2.48. The van der Waals surface area contributed by atoms with Crippen molar-refractivity contribution in [1.82, 2.24) is 9.80 Å². The Kier molecular flexibility index (Phi) is 3.57. The molecule has 1 aromatic rings. The lowest BCUT2D eigenvalue weighted by Gasteiger charge is -2.38. The molecule has 0 bridgehead atoms. The van der Waals surface area contributed by atoms with Gasteiger partial charge in [-0.2, -0.15) is 0 Å². The molecule has 4 nitrogen and oxygen atoms in total. The first-order chi connectivity index (χ1) is 8.49. The minimum Gasteiger partial charge on any atom is -0.398 e. The van der Waals surface area contributed by atoms with E-state index in [0.717, 1.165) is 25.2 Å². The number of aryl methyl sites for hydroxylation is 1. The van der Waals surface area contributed by atoms with Gasteiger partial charge >= 0.3 is 0 Å².